The number of aryl methyl sites for hydroxylation is 1. The predicted octanol–water partition coefficient (Wildman–Crippen LogP) is 5.66. The van der Waals surface area contributed by atoms with Gasteiger partial charge in [-0.1, -0.05) is 50.2 Å². The third kappa shape index (κ3) is 5.22. The number of rotatable bonds is 9. The minimum atomic E-state index is -3.79. The molecule has 8 heteroatoms. The molecule has 0 aliphatic heterocycles. The highest BCUT2D eigenvalue weighted by molar-refractivity contribution is 7.41. The monoisotopic (exact) mass is 499 g/mol. The molecule has 0 bridgehead atoms. The van der Waals surface area contributed by atoms with E-state index in [1.165, 1.54) is 25.3 Å². The smallest absolute Gasteiger partial charge is 0.322 e. The van der Waals surface area contributed by atoms with Gasteiger partial charge in [0, 0.05) is 17.7 Å². The van der Waals surface area contributed by atoms with Crippen molar-refractivity contribution in [1.29, 1.82) is 0 Å². The summed E-state index contributed by atoms with van der Waals surface area (Å²) in [4.78, 5) is 27.5. The average Bonchev–Trinajstić information content (AvgIpc) is 2.78. The number of benzene rings is 2. The molecule has 0 spiro atoms. The Balaban J connectivity index is 2.40. The maximum absolute atomic E-state index is 14.0. The fraction of sp³-hybridized carbons (Fsp3) is 0.333. The molecule has 0 saturated heterocycles. The summed E-state index contributed by atoms with van der Waals surface area (Å²) < 4.78 is 26.7. The van der Waals surface area contributed by atoms with Gasteiger partial charge in [-0.15, -0.1) is 0 Å². The number of nitrogens with zero attached hydrogens (tertiary/aromatic N) is 1. The molecule has 6 nitrogen and oxygen atoms in total. The molecule has 1 aromatic heterocycles. The number of halogens is 1. The molecule has 35 heavy (non-hydrogen) atoms. The third-order valence-corrected chi connectivity index (χ3v) is 8.17. The average molecular weight is 500 g/mol. The van der Waals surface area contributed by atoms with Crippen molar-refractivity contribution < 1.29 is 28.9 Å². The summed E-state index contributed by atoms with van der Waals surface area (Å²) in [7, 11) is -3.79. The number of hydrogen-bond donors (Lipinski definition) is 3. The zero-order valence-corrected chi connectivity index (χ0v) is 21.2. The van der Waals surface area contributed by atoms with Crippen LogP contribution in [0.4, 0.5) is 4.39 Å². The van der Waals surface area contributed by atoms with Crippen LogP contribution in [0.3, 0.4) is 0 Å². The van der Waals surface area contributed by atoms with Crippen LogP contribution >= 0.6 is 8.03 Å². The maximum atomic E-state index is 14.0. The summed E-state index contributed by atoms with van der Waals surface area (Å²) in [5.74, 6) is -3.05. The van der Waals surface area contributed by atoms with Crippen molar-refractivity contribution in [1.82, 2.24) is 4.98 Å². The second-order valence-corrected chi connectivity index (χ2v) is 10.8. The summed E-state index contributed by atoms with van der Waals surface area (Å²) in [5, 5.41) is 18.6. The van der Waals surface area contributed by atoms with E-state index in [-0.39, 0.29) is 12.3 Å². The summed E-state index contributed by atoms with van der Waals surface area (Å²) in [6.45, 7) is 6.74. The van der Waals surface area contributed by atoms with Crippen LogP contribution in [0, 0.1) is 18.7 Å². The molecule has 3 aromatic rings. The Morgan fingerprint density at radius 2 is 1.74 bits per heavy atom. The number of carboxylic acid groups (broad SMARTS) is 1. The van der Waals surface area contributed by atoms with Crippen molar-refractivity contribution >= 4 is 14.0 Å². The Morgan fingerprint density at radius 3 is 2.26 bits per heavy atom. The molecule has 2 aromatic carbocycles. The zero-order chi connectivity index (χ0) is 25.9. The minimum absolute atomic E-state index is 0.0604. The largest absolute Gasteiger partial charge is 0.480 e. The highest BCUT2D eigenvalue weighted by Crippen LogP contribution is 2.53. The van der Waals surface area contributed by atoms with E-state index in [1.807, 2.05) is 44.2 Å². The molecule has 0 aliphatic carbocycles. The van der Waals surface area contributed by atoms with Crippen molar-refractivity contribution in [3.8, 4) is 22.4 Å². The lowest BCUT2D eigenvalue weighted by Crippen LogP contribution is -2.50. The highest BCUT2D eigenvalue weighted by Gasteiger charge is 2.56. The third-order valence-electron chi connectivity index (χ3n) is 6.48. The zero-order valence-electron chi connectivity index (χ0n) is 20.2. The number of hydrogen-bond acceptors (Lipinski definition) is 4. The SMILES string of the molecule is Cc1cc(F)ccc1-c1cc(-c2ccccc2)ncc1C(CC(C)C)C(C(=O)O)(C(C)O)[PH](=O)O. The first-order valence-corrected chi connectivity index (χ1v) is 12.8. The van der Waals surface area contributed by atoms with Crippen LogP contribution in [0.5, 0.6) is 0 Å². The lowest BCUT2D eigenvalue weighted by Gasteiger charge is -2.39. The van der Waals surface area contributed by atoms with Crippen LogP contribution in [0.2, 0.25) is 0 Å². The molecule has 0 aliphatic rings. The van der Waals surface area contributed by atoms with Crippen LogP contribution in [-0.4, -0.2) is 37.3 Å². The Hall–Kier alpha value is -2.86. The van der Waals surface area contributed by atoms with E-state index in [0.29, 0.717) is 27.9 Å². The van der Waals surface area contributed by atoms with Crippen molar-refractivity contribution in [3.63, 3.8) is 0 Å². The Labute approximate surface area is 205 Å². The molecule has 186 valence electrons. The normalized spacial score (nSPS) is 15.9. The van der Waals surface area contributed by atoms with Crippen LogP contribution in [0.25, 0.3) is 22.4 Å². The number of aromatic nitrogens is 1. The van der Waals surface area contributed by atoms with Crippen molar-refractivity contribution in [2.24, 2.45) is 5.92 Å². The van der Waals surface area contributed by atoms with Crippen molar-refractivity contribution in [2.45, 2.75) is 51.3 Å². The molecule has 0 saturated carbocycles. The lowest BCUT2D eigenvalue weighted by atomic mass is 9.75. The number of carboxylic acids is 1. The van der Waals surface area contributed by atoms with E-state index >= 15 is 0 Å². The highest BCUT2D eigenvalue weighted by atomic mass is 31.1. The van der Waals surface area contributed by atoms with Gasteiger partial charge in [0.05, 0.1) is 11.8 Å². The van der Waals surface area contributed by atoms with E-state index in [0.717, 1.165) is 5.56 Å². The van der Waals surface area contributed by atoms with E-state index in [9.17, 15) is 28.9 Å². The second-order valence-electron chi connectivity index (χ2n) is 9.32. The molecule has 0 fully saturated rings. The van der Waals surface area contributed by atoms with Gasteiger partial charge in [0.25, 0.3) is 0 Å². The number of aliphatic carboxylic acids is 1. The van der Waals surface area contributed by atoms with Gasteiger partial charge in [0.1, 0.15) is 5.82 Å². The standard InChI is InChI=1S/C27H31FNO5P/c1-16(2)12-24(27(18(4)30,26(31)32)35(33)34)23-15-29-25(19-8-6-5-7-9-19)14-22(23)21-11-10-20(28)13-17(21)3/h5-11,13-16,18,24,30,35H,12H2,1-4H3,(H,31,32)(H,33,34). The fourth-order valence-electron chi connectivity index (χ4n) is 4.74. The summed E-state index contributed by atoms with van der Waals surface area (Å²) in [6, 6.07) is 15.5. The Bertz CT molecular complexity index is 1220. The van der Waals surface area contributed by atoms with E-state index in [1.54, 1.807) is 19.1 Å². The molecular weight excluding hydrogens is 468 g/mol. The second kappa shape index (κ2) is 10.8. The number of aliphatic hydroxyl groups is 1. The molecular formula is C27H31FNO5P. The van der Waals surface area contributed by atoms with Crippen molar-refractivity contribution in [2.75, 3.05) is 0 Å². The minimum Gasteiger partial charge on any atom is -0.480 e. The van der Waals surface area contributed by atoms with Gasteiger partial charge in [0.2, 0.25) is 8.03 Å². The summed E-state index contributed by atoms with van der Waals surface area (Å²) in [5.41, 5.74) is 3.72. The molecule has 1 heterocycles. The first kappa shape index (κ1) is 26.7. The Kier molecular flexibility index (Phi) is 8.26. The summed E-state index contributed by atoms with van der Waals surface area (Å²) in [6.07, 6.45) is 0.128. The van der Waals surface area contributed by atoms with Gasteiger partial charge in [-0.25, -0.2) is 4.39 Å². The predicted molar refractivity (Wildman–Crippen MR) is 135 cm³/mol. The van der Waals surface area contributed by atoms with Gasteiger partial charge >= 0.3 is 5.97 Å². The van der Waals surface area contributed by atoms with E-state index in [4.69, 9.17) is 0 Å². The first-order chi connectivity index (χ1) is 16.5. The summed E-state index contributed by atoms with van der Waals surface area (Å²) >= 11 is 0. The van der Waals surface area contributed by atoms with Gasteiger partial charge in [-0.05, 0) is 66.6 Å². The molecule has 0 amide bonds. The van der Waals surface area contributed by atoms with E-state index in [2.05, 4.69) is 4.98 Å². The fourth-order valence-corrected chi connectivity index (χ4v) is 5.85. The quantitative estimate of drug-likeness (QED) is 0.328. The van der Waals surface area contributed by atoms with Gasteiger partial charge in [0.15, 0.2) is 5.16 Å². The lowest BCUT2D eigenvalue weighted by molar-refractivity contribution is -0.144. The van der Waals surface area contributed by atoms with Gasteiger partial charge in [-0.2, -0.15) is 0 Å². The van der Waals surface area contributed by atoms with E-state index < -0.39 is 37.0 Å². The molecule has 4 unspecified atom stereocenters. The van der Waals surface area contributed by atoms with Crippen LogP contribution in [0.15, 0.2) is 60.8 Å². The maximum Gasteiger partial charge on any atom is 0.322 e. The topological polar surface area (TPSA) is 108 Å². The van der Waals surface area contributed by atoms with Gasteiger partial charge in [-0.3, -0.25) is 14.3 Å². The van der Waals surface area contributed by atoms with Gasteiger partial charge < -0.3 is 15.1 Å². The molecule has 3 N–H and O–H groups in total. The van der Waals surface area contributed by atoms with Crippen LogP contribution < -0.4 is 0 Å². The molecule has 3 rings (SSSR count). The van der Waals surface area contributed by atoms with Crippen LogP contribution in [0.1, 0.15) is 44.2 Å². The van der Waals surface area contributed by atoms with Crippen molar-refractivity contribution in [3.05, 3.63) is 77.7 Å². The van der Waals surface area contributed by atoms with Crippen LogP contribution in [-0.2, 0) is 9.36 Å². The number of aliphatic hydroxyl groups excluding tert-OH is 1. The first-order valence-electron chi connectivity index (χ1n) is 11.5. The number of carbonyl (C=O) groups is 1. The molecule has 4 atom stereocenters. The number of pyridine rings is 1. The Morgan fingerprint density at radius 1 is 1.09 bits per heavy atom. The molecule has 0 radical (unpaired) electrons.